The van der Waals surface area contributed by atoms with Crippen LogP contribution in [0.3, 0.4) is 0 Å². The van der Waals surface area contributed by atoms with Crippen LogP contribution in [0.1, 0.15) is 37.0 Å². The number of ether oxygens (including phenoxy) is 2. The Balaban J connectivity index is 1.80. The average Bonchev–Trinajstić information content (AvgIpc) is 3.02. The summed E-state index contributed by atoms with van der Waals surface area (Å²) in [5.41, 5.74) is 2.98. The summed E-state index contributed by atoms with van der Waals surface area (Å²) in [7, 11) is 1.40. The Morgan fingerprint density at radius 2 is 1.96 bits per heavy atom. The quantitative estimate of drug-likeness (QED) is 0.835. The first-order valence-corrected chi connectivity index (χ1v) is 8.43. The van der Waals surface area contributed by atoms with Gasteiger partial charge in [0.2, 0.25) is 5.78 Å². The molecule has 0 fully saturated rings. The molecule has 0 radical (unpaired) electrons. The summed E-state index contributed by atoms with van der Waals surface area (Å²) < 4.78 is 11.0. The zero-order valence-corrected chi connectivity index (χ0v) is 14.5. The fraction of sp³-hybridized carbons (Fsp3) is 0.400. The SMILES string of the molecule is COC1=CC(=O)C2=C(CCc3c2ccc2c3CC(C(C)(C)O)O2)C1=O. The first-order valence-electron chi connectivity index (χ1n) is 8.43. The molecule has 5 heteroatoms. The zero-order chi connectivity index (χ0) is 17.9. The molecule has 5 nitrogen and oxygen atoms in total. The predicted molar refractivity (Wildman–Crippen MR) is 91.2 cm³/mol. The van der Waals surface area contributed by atoms with Crippen LogP contribution in [-0.4, -0.2) is 35.5 Å². The molecule has 1 unspecified atom stereocenters. The number of ketones is 2. The van der Waals surface area contributed by atoms with E-state index in [9.17, 15) is 14.7 Å². The van der Waals surface area contributed by atoms with Crippen molar-refractivity contribution < 1.29 is 24.2 Å². The second kappa shape index (κ2) is 5.30. The molecule has 1 atom stereocenters. The van der Waals surface area contributed by atoms with Crippen LogP contribution in [0.5, 0.6) is 5.75 Å². The summed E-state index contributed by atoms with van der Waals surface area (Å²) in [6.45, 7) is 3.47. The van der Waals surface area contributed by atoms with Crippen LogP contribution in [0.25, 0.3) is 5.57 Å². The molecule has 1 aliphatic heterocycles. The fourth-order valence-corrected chi connectivity index (χ4v) is 3.90. The minimum Gasteiger partial charge on any atom is -0.493 e. The van der Waals surface area contributed by atoms with Gasteiger partial charge in [-0.15, -0.1) is 0 Å². The Labute approximate surface area is 145 Å². The van der Waals surface area contributed by atoms with Crippen molar-refractivity contribution >= 4 is 17.1 Å². The molecule has 3 aliphatic rings. The summed E-state index contributed by atoms with van der Waals surface area (Å²) >= 11 is 0. The molecular weight excluding hydrogens is 320 g/mol. The highest BCUT2D eigenvalue weighted by Crippen LogP contribution is 2.44. The van der Waals surface area contributed by atoms with Crippen LogP contribution in [0.4, 0.5) is 0 Å². The first kappa shape index (κ1) is 16.1. The molecule has 0 bridgehead atoms. The number of hydrogen-bond acceptors (Lipinski definition) is 5. The fourth-order valence-electron chi connectivity index (χ4n) is 3.90. The van der Waals surface area contributed by atoms with E-state index in [0.717, 1.165) is 22.4 Å². The molecule has 0 aromatic heterocycles. The Hall–Kier alpha value is -2.40. The summed E-state index contributed by atoms with van der Waals surface area (Å²) in [5, 5.41) is 10.3. The maximum absolute atomic E-state index is 12.6. The van der Waals surface area contributed by atoms with Gasteiger partial charge in [-0.05, 0) is 43.9 Å². The molecule has 25 heavy (non-hydrogen) atoms. The molecule has 1 aromatic carbocycles. The van der Waals surface area contributed by atoms with Gasteiger partial charge in [-0.2, -0.15) is 0 Å². The molecule has 2 aliphatic carbocycles. The van der Waals surface area contributed by atoms with E-state index in [2.05, 4.69) is 0 Å². The van der Waals surface area contributed by atoms with Crippen molar-refractivity contribution in [2.45, 2.75) is 44.8 Å². The number of benzene rings is 1. The summed E-state index contributed by atoms with van der Waals surface area (Å²) in [4.78, 5) is 25.1. The molecule has 0 saturated carbocycles. The Morgan fingerprint density at radius 1 is 1.20 bits per heavy atom. The molecular formula is C20H20O5. The van der Waals surface area contributed by atoms with Crippen molar-refractivity contribution in [2.24, 2.45) is 0 Å². The number of hydrogen-bond donors (Lipinski definition) is 1. The van der Waals surface area contributed by atoms with Gasteiger partial charge in [-0.1, -0.05) is 6.07 Å². The van der Waals surface area contributed by atoms with Crippen LogP contribution in [0.2, 0.25) is 0 Å². The van der Waals surface area contributed by atoms with Gasteiger partial charge >= 0.3 is 0 Å². The molecule has 1 heterocycles. The minimum atomic E-state index is -0.947. The second-order valence-corrected chi connectivity index (χ2v) is 7.29. The number of aliphatic hydroxyl groups is 1. The third kappa shape index (κ3) is 2.34. The lowest BCUT2D eigenvalue weighted by atomic mass is 9.77. The summed E-state index contributed by atoms with van der Waals surface area (Å²) in [6, 6.07) is 3.69. The minimum absolute atomic E-state index is 0.110. The van der Waals surface area contributed by atoms with Gasteiger partial charge < -0.3 is 14.6 Å². The monoisotopic (exact) mass is 340 g/mol. The number of fused-ring (bicyclic) bond motifs is 4. The smallest absolute Gasteiger partial charge is 0.224 e. The van der Waals surface area contributed by atoms with Crippen LogP contribution in [0, 0.1) is 0 Å². The zero-order valence-electron chi connectivity index (χ0n) is 14.5. The van der Waals surface area contributed by atoms with E-state index >= 15 is 0 Å². The van der Waals surface area contributed by atoms with Gasteiger partial charge in [0.05, 0.1) is 12.7 Å². The number of Topliss-reactive ketones (excluding diaryl/α,β-unsaturated/α-hetero) is 1. The van der Waals surface area contributed by atoms with Crippen LogP contribution < -0.4 is 4.74 Å². The first-order chi connectivity index (χ1) is 11.8. The van der Waals surface area contributed by atoms with Crippen molar-refractivity contribution in [3.05, 3.63) is 46.2 Å². The Kier molecular flexibility index (Phi) is 3.41. The normalized spacial score (nSPS) is 22.1. The topological polar surface area (TPSA) is 72.8 Å². The van der Waals surface area contributed by atoms with E-state index in [1.165, 1.54) is 13.2 Å². The van der Waals surface area contributed by atoms with E-state index in [0.29, 0.717) is 30.4 Å². The summed E-state index contributed by atoms with van der Waals surface area (Å²) in [5.74, 6) is 0.482. The van der Waals surface area contributed by atoms with Crippen molar-refractivity contribution in [1.29, 1.82) is 0 Å². The second-order valence-electron chi connectivity index (χ2n) is 7.29. The number of methoxy groups -OCH3 is 1. The van der Waals surface area contributed by atoms with Gasteiger partial charge in [0.25, 0.3) is 0 Å². The van der Waals surface area contributed by atoms with Gasteiger partial charge in [-0.3, -0.25) is 9.59 Å². The molecule has 1 N–H and O–H groups in total. The van der Waals surface area contributed by atoms with Gasteiger partial charge in [0.15, 0.2) is 11.5 Å². The van der Waals surface area contributed by atoms with Crippen LogP contribution >= 0.6 is 0 Å². The standard InChI is InChI=1S/C20H20O5/c1-20(2,23)17-8-13-10-4-5-12-18(11(10)6-7-15(13)25-17)14(21)9-16(24-3)19(12)22/h6-7,9,17,23H,4-5,8H2,1-3H3. The van der Waals surface area contributed by atoms with Crippen LogP contribution in [-0.2, 0) is 27.2 Å². The van der Waals surface area contributed by atoms with E-state index in [1.807, 2.05) is 12.1 Å². The largest absolute Gasteiger partial charge is 0.493 e. The maximum Gasteiger partial charge on any atom is 0.224 e. The predicted octanol–water partition coefficient (Wildman–Crippen LogP) is 2.14. The van der Waals surface area contributed by atoms with E-state index in [-0.39, 0.29) is 23.4 Å². The number of carbonyl (C=O) groups is 2. The number of rotatable bonds is 2. The molecule has 0 spiro atoms. The highest BCUT2D eigenvalue weighted by Gasteiger charge is 2.39. The molecule has 4 rings (SSSR count). The van der Waals surface area contributed by atoms with E-state index in [1.54, 1.807) is 13.8 Å². The Morgan fingerprint density at radius 3 is 2.64 bits per heavy atom. The van der Waals surface area contributed by atoms with Gasteiger partial charge in [-0.25, -0.2) is 0 Å². The molecule has 130 valence electrons. The lowest BCUT2D eigenvalue weighted by molar-refractivity contribution is -0.117. The lowest BCUT2D eigenvalue weighted by Gasteiger charge is -2.26. The van der Waals surface area contributed by atoms with Crippen molar-refractivity contribution in [1.82, 2.24) is 0 Å². The molecule has 1 aromatic rings. The maximum atomic E-state index is 12.6. The average molecular weight is 340 g/mol. The van der Waals surface area contributed by atoms with Gasteiger partial charge in [0, 0.05) is 29.2 Å². The van der Waals surface area contributed by atoms with E-state index < -0.39 is 5.60 Å². The van der Waals surface area contributed by atoms with Crippen molar-refractivity contribution in [3.8, 4) is 5.75 Å². The Bertz CT molecular complexity index is 867. The third-order valence-corrected chi connectivity index (χ3v) is 5.26. The highest BCUT2D eigenvalue weighted by atomic mass is 16.5. The third-order valence-electron chi connectivity index (χ3n) is 5.26. The molecule has 0 saturated heterocycles. The van der Waals surface area contributed by atoms with Crippen LogP contribution in [0.15, 0.2) is 29.5 Å². The summed E-state index contributed by atoms with van der Waals surface area (Å²) in [6.07, 6.45) is 2.76. The number of carbonyl (C=O) groups excluding carboxylic acids is 2. The highest BCUT2D eigenvalue weighted by molar-refractivity contribution is 6.37. The molecule has 0 amide bonds. The van der Waals surface area contributed by atoms with Gasteiger partial charge in [0.1, 0.15) is 11.9 Å². The lowest BCUT2D eigenvalue weighted by Crippen LogP contribution is -2.39. The number of allylic oxidation sites excluding steroid dienone is 3. The van der Waals surface area contributed by atoms with Crippen molar-refractivity contribution in [2.75, 3.05) is 7.11 Å². The van der Waals surface area contributed by atoms with E-state index in [4.69, 9.17) is 9.47 Å². The van der Waals surface area contributed by atoms with Crippen molar-refractivity contribution in [3.63, 3.8) is 0 Å².